The van der Waals surface area contributed by atoms with Gasteiger partial charge in [0.25, 0.3) is 0 Å². The van der Waals surface area contributed by atoms with Gasteiger partial charge in [-0.25, -0.2) is 4.79 Å². The zero-order valence-electron chi connectivity index (χ0n) is 15.6. The first kappa shape index (κ1) is 17.5. The molecule has 1 spiro atoms. The molecule has 6 nitrogen and oxygen atoms in total. The second-order valence-electron chi connectivity index (χ2n) is 7.91. The molecule has 0 amide bonds. The maximum Gasteiger partial charge on any atom is 0.418 e. The highest BCUT2D eigenvalue weighted by molar-refractivity contribution is 5.91. The Bertz CT molecular complexity index is 787. The minimum Gasteiger partial charge on any atom is -0.448 e. The lowest BCUT2D eigenvalue weighted by Crippen LogP contribution is -2.66. The monoisotopic (exact) mass is 357 g/mol. The van der Waals surface area contributed by atoms with Crippen molar-refractivity contribution in [3.63, 3.8) is 0 Å². The number of carbonyl (C=O) groups excluding carboxylic acids is 1. The van der Waals surface area contributed by atoms with Crippen LogP contribution < -0.4 is 0 Å². The van der Waals surface area contributed by atoms with Crippen LogP contribution in [0.3, 0.4) is 0 Å². The molecule has 3 heterocycles. The highest BCUT2D eigenvalue weighted by Crippen LogP contribution is 2.37. The molecule has 0 atom stereocenters. The van der Waals surface area contributed by atoms with E-state index in [1.54, 1.807) is 4.57 Å². The molecule has 140 valence electrons. The summed E-state index contributed by atoms with van der Waals surface area (Å²) in [5, 5.41) is 1.13. The molecule has 2 aromatic rings. The van der Waals surface area contributed by atoms with E-state index in [-0.39, 0.29) is 6.09 Å². The molecular weight excluding hydrogens is 330 g/mol. The van der Waals surface area contributed by atoms with E-state index >= 15 is 0 Å². The van der Waals surface area contributed by atoms with Gasteiger partial charge in [0.15, 0.2) is 0 Å². The maximum atomic E-state index is 12.6. The quantitative estimate of drug-likeness (QED) is 0.792. The fourth-order valence-corrected chi connectivity index (χ4v) is 3.91. The van der Waals surface area contributed by atoms with Crippen molar-refractivity contribution in [1.29, 1.82) is 0 Å². The van der Waals surface area contributed by atoms with Crippen molar-refractivity contribution in [2.75, 3.05) is 60.1 Å². The molecule has 0 saturated carbocycles. The molecule has 1 aromatic carbocycles. The van der Waals surface area contributed by atoms with E-state index in [4.69, 9.17) is 9.47 Å². The molecule has 2 fully saturated rings. The van der Waals surface area contributed by atoms with Crippen LogP contribution in [-0.2, 0) is 15.9 Å². The molecule has 26 heavy (non-hydrogen) atoms. The van der Waals surface area contributed by atoms with Gasteiger partial charge in [0.2, 0.25) is 0 Å². The van der Waals surface area contributed by atoms with Crippen LogP contribution >= 0.6 is 0 Å². The lowest BCUT2D eigenvalue weighted by molar-refractivity contribution is -0.190. The molecule has 2 aliphatic rings. The van der Waals surface area contributed by atoms with E-state index in [1.165, 1.54) is 5.56 Å². The molecule has 6 heteroatoms. The number of aromatic nitrogens is 1. The Morgan fingerprint density at radius 2 is 2.04 bits per heavy atom. The number of fused-ring (bicyclic) bond motifs is 1. The number of likely N-dealkylation sites (tertiary alicyclic amines) is 1. The predicted molar refractivity (Wildman–Crippen MR) is 101 cm³/mol. The fraction of sp³-hybridized carbons (Fsp3) is 0.550. The molecule has 4 rings (SSSR count). The summed E-state index contributed by atoms with van der Waals surface area (Å²) in [4.78, 5) is 17.1. The zero-order valence-corrected chi connectivity index (χ0v) is 15.6. The third-order valence-electron chi connectivity index (χ3n) is 5.39. The average Bonchev–Trinajstić information content (AvgIpc) is 2.92. The standard InChI is InChI=1S/C20H27N3O3/c1-21(2)8-7-16-11-23(18-6-4-3-5-17(16)18)19(24)26-10-9-22-12-20(13-22)14-25-15-20/h3-6,11H,7-10,12-15H2,1-2H3. The Morgan fingerprint density at radius 1 is 1.27 bits per heavy atom. The Labute approximate surface area is 154 Å². The largest absolute Gasteiger partial charge is 0.448 e. The molecule has 0 bridgehead atoms. The maximum absolute atomic E-state index is 12.6. The summed E-state index contributed by atoms with van der Waals surface area (Å²) in [5.41, 5.74) is 2.50. The number of benzene rings is 1. The second kappa shape index (κ2) is 7.02. The number of rotatable bonds is 6. The van der Waals surface area contributed by atoms with Gasteiger partial charge in [0.1, 0.15) is 6.61 Å². The van der Waals surface area contributed by atoms with Crippen molar-refractivity contribution in [1.82, 2.24) is 14.4 Å². The van der Waals surface area contributed by atoms with E-state index in [0.717, 1.165) is 56.7 Å². The highest BCUT2D eigenvalue weighted by atomic mass is 16.5. The van der Waals surface area contributed by atoms with Crippen molar-refractivity contribution in [3.05, 3.63) is 36.0 Å². The zero-order chi connectivity index (χ0) is 18.1. The summed E-state index contributed by atoms with van der Waals surface area (Å²) >= 11 is 0. The topological polar surface area (TPSA) is 46.9 Å². The third-order valence-corrected chi connectivity index (χ3v) is 5.39. The normalized spacial score (nSPS) is 18.9. The Kier molecular flexibility index (Phi) is 4.73. The van der Waals surface area contributed by atoms with E-state index < -0.39 is 0 Å². The molecule has 0 N–H and O–H groups in total. The van der Waals surface area contributed by atoms with Gasteiger partial charge in [-0.05, 0) is 32.1 Å². The Hall–Kier alpha value is -1.89. The lowest BCUT2D eigenvalue weighted by atomic mass is 9.78. The minimum absolute atomic E-state index is 0.292. The molecule has 1 aromatic heterocycles. The average molecular weight is 357 g/mol. The van der Waals surface area contributed by atoms with Crippen LogP contribution in [0.5, 0.6) is 0 Å². The van der Waals surface area contributed by atoms with Gasteiger partial charge in [0.05, 0.1) is 18.7 Å². The number of carbonyl (C=O) groups is 1. The fourth-order valence-electron chi connectivity index (χ4n) is 3.91. The predicted octanol–water partition coefficient (Wildman–Crippen LogP) is 2.06. The number of likely N-dealkylation sites (N-methyl/N-ethyl adjacent to an activating group) is 1. The lowest BCUT2D eigenvalue weighted by Gasteiger charge is -2.55. The summed E-state index contributed by atoms with van der Waals surface area (Å²) in [5.74, 6) is 0. The SMILES string of the molecule is CN(C)CCc1cn(C(=O)OCCN2CC3(COC3)C2)c2ccccc12. The summed E-state index contributed by atoms with van der Waals surface area (Å²) in [7, 11) is 4.12. The van der Waals surface area contributed by atoms with Crippen molar-refractivity contribution in [3.8, 4) is 0 Å². The molecule has 0 radical (unpaired) electrons. The van der Waals surface area contributed by atoms with Gasteiger partial charge in [-0.3, -0.25) is 9.47 Å². The number of hydrogen-bond acceptors (Lipinski definition) is 5. The van der Waals surface area contributed by atoms with E-state index in [1.807, 2.05) is 24.4 Å². The summed E-state index contributed by atoms with van der Waals surface area (Å²) in [6.07, 6.45) is 2.55. The first-order valence-corrected chi connectivity index (χ1v) is 9.27. The Balaban J connectivity index is 1.36. The smallest absolute Gasteiger partial charge is 0.418 e. The molecule has 0 unspecified atom stereocenters. The minimum atomic E-state index is -0.292. The van der Waals surface area contributed by atoms with Crippen LogP contribution in [-0.4, -0.2) is 80.6 Å². The van der Waals surface area contributed by atoms with Crippen molar-refractivity contribution >= 4 is 17.0 Å². The number of para-hydroxylation sites is 1. The highest BCUT2D eigenvalue weighted by Gasteiger charge is 2.48. The summed E-state index contributed by atoms with van der Waals surface area (Å²) in [6.45, 7) is 6.05. The van der Waals surface area contributed by atoms with Crippen molar-refractivity contribution < 1.29 is 14.3 Å². The molecule has 2 aliphatic heterocycles. The number of hydrogen-bond donors (Lipinski definition) is 0. The molecule has 2 saturated heterocycles. The summed E-state index contributed by atoms with van der Waals surface area (Å²) in [6, 6.07) is 8.03. The number of ether oxygens (including phenoxy) is 2. The van der Waals surface area contributed by atoms with E-state index in [2.05, 4.69) is 30.0 Å². The van der Waals surface area contributed by atoms with Crippen molar-refractivity contribution in [2.45, 2.75) is 6.42 Å². The van der Waals surface area contributed by atoms with Gasteiger partial charge >= 0.3 is 6.09 Å². The van der Waals surface area contributed by atoms with Gasteiger partial charge in [-0.2, -0.15) is 0 Å². The van der Waals surface area contributed by atoms with E-state index in [9.17, 15) is 4.79 Å². The third kappa shape index (κ3) is 3.37. The first-order chi connectivity index (χ1) is 12.6. The van der Waals surface area contributed by atoms with Gasteiger partial charge in [-0.15, -0.1) is 0 Å². The van der Waals surface area contributed by atoms with Crippen molar-refractivity contribution in [2.24, 2.45) is 5.41 Å². The van der Waals surface area contributed by atoms with Crippen LogP contribution in [0.15, 0.2) is 30.5 Å². The Morgan fingerprint density at radius 3 is 2.73 bits per heavy atom. The number of nitrogens with zero attached hydrogens (tertiary/aromatic N) is 3. The second-order valence-corrected chi connectivity index (χ2v) is 7.91. The van der Waals surface area contributed by atoms with Gasteiger partial charge in [-0.1, -0.05) is 18.2 Å². The van der Waals surface area contributed by atoms with Crippen LogP contribution in [0.2, 0.25) is 0 Å². The van der Waals surface area contributed by atoms with Gasteiger partial charge < -0.3 is 14.4 Å². The van der Waals surface area contributed by atoms with Gasteiger partial charge in [0, 0.05) is 43.2 Å². The van der Waals surface area contributed by atoms with Crippen LogP contribution in [0.25, 0.3) is 10.9 Å². The molecular formula is C20H27N3O3. The summed E-state index contributed by atoms with van der Waals surface area (Å²) < 4.78 is 12.5. The van der Waals surface area contributed by atoms with Crippen LogP contribution in [0.1, 0.15) is 5.56 Å². The van der Waals surface area contributed by atoms with E-state index in [0.29, 0.717) is 12.0 Å². The first-order valence-electron chi connectivity index (χ1n) is 9.27. The van der Waals surface area contributed by atoms with Crippen LogP contribution in [0, 0.1) is 5.41 Å². The van der Waals surface area contributed by atoms with Crippen LogP contribution in [0.4, 0.5) is 4.79 Å². The molecule has 0 aliphatic carbocycles.